The lowest BCUT2D eigenvalue weighted by Gasteiger charge is -2.07. The van der Waals surface area contributed by atoms with Crippen molar-refractivity contribution in [3.8, 4) is 23.0 Å². The summed E-state index contributed by atoms with van der Waals surface area (Å²) in [5.74, 6) is 1.58. The van der Waals surface area contributed by atoms with Gasteiger partial charge in [-0.3, -0.25) is 4.79 Å². The Kier molecular flexibility index (Phi) is 6.54. The molecule has 0 aliphatic carbocycles. The lowest BCUT2D eigenvalue weighted by atomic mass is 10.1. The van der Waals surface area contributed by atoms with Crippen LogP contribution in [-0.4, -0.2) is 18.9 Å². The minimum atomic E-state index is -0.590. The van der Waals surface area contributed by atoms with Crippen molar-refractivity contribution in [1.82, 2.24) is 0 Å². The average Bonchev–Trinajstić information content (AvgIpc) is 3.46. The molecule has 198 valence electrons. The molecule has 0 saturated heterocycles. The van der Waals surface area contributed by atoms with Crippen LogP contribution in [0.1, 0.15) is 37.6 Å². The molecule has 7 nitrogen and oxygen atoms in total. The number of rotatable bonds is 7. The fraction of sp³-hybridized carbons (Fsp3) is 0.0909. The van der Waals surface area contributed by atoms with Gasteiger partial charge in [0.2, 0.25) is 5.78 Å². The van der Waals surface area contributed by atoms with Gasteiger partial charge in [0.05, 0.1) is 12.7 Å². The summed E-state index contributed by atoms with van der Waals surface area (Å²) in [5.41, 5.74) is 3.03. The monoisotopic (exact) mass is 532 g/mol. The lowest BCUT2D eigenvalue weighted by molar-refractivity contribution is 0.0734. The summed E-state index contributed by atoms with van der Waals surface area (Å²) in [5, 5.41) is 0.587. The zero-order valence-corrected chi connectivity index (χ0v) is 21.8. The van der Waals surface area contributed by atoms with Crippen molar-refractivity contribution >= 4 is 28.8 Å². The molecule has 0 N–H and O–H groups in total. The van der Waals surface area contributed by atoms with E-state index in [-0.39, 0.29) is 17.3 Å². The van der Waals surface area contributed by atoms with E-state index in [1.54, 1.807) is 56.5 Å². The lowest BCUT2D eigenvalue weighted by Crippen LogP contribution is -2.09. The van der Waals surface area contributed by atoms with Crippen LogP contribution in [0.2, 0.25) is 0 Å². The van der Waals surface area contributed by atoms with Crippen LogP contribution in [0.5, 0.6) is 23.0 Å². The molecule has 1 aromatic heterocycles. The number of esters is 1. The third-order valence-electron chi connectivity index (χ3n) is 6.53. The van der Waals surface area contributed by atoms with Gasteiger partial charge in [0.15, 0.2) is 5.76 Å². The van der Waals surface area contributed by atoms with Gasteiger partial charge in [-0.2, -0.15) is 0 Å². The van der Waals surface area contributed by atoms with E-state index in [0.29, 0.717) is 51.7 Å². The molecule has 0 radical (unpaired) electrons. The quantitative estimate of drug-likeness (QED) is 0.125. The second-order valence-electron chi connectivity index (χ2n) is 9.23. The molecule has 0 bridgehead atoms. The molecule has 0 unspecified atom stereocenters. The highest BCUT2D eigenvalue weighted by atomic mass is 16.5. The molecule has 6 rings (SSSR count). The van der Waals surface area contributed by atoms with Crippen molar-refractivity contribution in [2.24, 2.45) is 0 Å². The summed E-state index contributed by atoms with van der Waals surface area (Å²) in [6, 6.07) is 27.1. The van der Waals surface area contributed by atoms with Gasteiger partial charge in [-0.1, -0.05) is 42.5 Å². The number of aryl methyl sites for hydroxylation is 1. The molecule has 40 heavy (non-hydrogen) atoms. The van der Waals surface area contributed by atoms with Crippen LogP contribution in [0.3, 0.4) is 0 Å². The Morgan fingerprint density at radius 2 is 1.70 bits per heavy atom. The Hall–Kier alpha value is -5.30. The first kappa shape index (κ1) is 25.0. The third kappa shape index (κ3) is 4.92. The number of Topliss-reactive ketones (excluding diaryl/α,β-unsaturated/α-hetero) is 1. The van der Waals surface area contributed by atoms with Crippen LogP contribution in [0.25, 0.3) is 17.0 Å². The Morgan fingerprint density at radius 3 is 2.52 bits per heavy atom. The Bertz CT molecular complexity index is 1780. The highest BCUT2D eigenvalue weighted by Gasteiger charge is 2.29. The number of hydrogen-bond acceptors (Lipinski definition) is 7. The molecule has 5 aromatic rings. The number of fused-ring (bicyclic) bond motifs is 2. The average molecular weight is 533 g/mol. The van der Waals surface area contributed by atoms with Gasteiger partial charge in [0.25, 0.3) is 0 Å². The van der Waals surface area contributed by atoms with Gasteiger partial charge in [-0.15, -0.1) is 0 Å². The normalized spacial score (nSPS) is 13.2. The summed E-state index contributed by atoms with van der Waals surface area (Å²) in [6.45, 7) is 2.10. The standard InChI is InChI=1S/C33H24O7/c1-20-31(27-17-24(12-14-28(27)38-20)37-19-21-7-4-3-5-8-21)33(35)39-25-11-13-26-29(18-25)40-30(32(26)34)16-22-9-6-10-23(15-22)36-2/h3-18H,19H2,1-2H3/b30-16-. The maximum atomic E-state index is 13.3. The van der Waals surface area contributed by atoms with Crippen LogP contribution in [0, 0.1) is 6.92 Å². The van der Waals surface area contributed by atoms with Crippen LogP contribution in [0.4, 0.5) is 0 Å². The van der Waals surface area contributed by atoms with E-state index >= 15 is 0 Å². The van der Waals surface area contributed by atoms with Gasteiger partial charge in [0, 0.05) is 11.5 Å². The minimum Gasteiger partial charge on any atom is -0.497 e. The number of furan rings is 1. The van der Waals surface area contributed by atoms with E-state index < -0.39 is 5.97 Å². The number of allylic oxidation sites excluding steroid dienone is 1. The third-order valence-corrected chi connectivity index (χ3v) is 6.53. The molecule has 0 atom stereocenters. The summed E-state index contributed by atoms with van der Waals surface area (Å²) in [7, 11) is 1.58. The van der Waals surface area contributed by atoms with Gasteiger partial charge in [-0.05, 0) is 66.6 Å². The molecule has 0 saturated carbocycles. The first-order valence-corrected chi connectivity index (χ1v) is 12.6. The van der Waals surface area contributed by atoms with Crippen LogP contribution in [-0.2, 0) is 6.61 Å². The SMILES string of the molecule is COc1cccc(/C=C2\Oc3cc(OC(=O)c4c(C)oc5ccc(OCc6ccccc6)cc45)ccc3C2=O)c1. The number of methoxy groups -OCH3 is 1. The number of ether oxygens (including phenoxy) is 4. The number of benzene rings is 4. The summed E-state index contributed by atoms with van der Waals surface area (Å²) >= 11 is 0. The second-order valence-corrected chi connectivity index (χ2v) is 9.23. The second kappa shape index (κ2) is 10.5. The summed E-state index contributed by atoms with van der Waals surface area (Å²) in [4.78, 5) is 26.2. The van der Waals surface area contributed by atoms with E-state index in [9.17, 15) is 9.59 Å². The predicted octanol–water partition coefficient (Wildman–Crippen LogP) is 7.16. The van der Waals surface area contributed by atoms with E-state index in [1.165, 1.54) is 6.07 Å². The van der Waals surface area contributed by atoms with Gasteiger partial charge >= 0.3 is 5.97 Å². The Balaban J connectivity index is 1.21. The first-order chi connectivity index (χ1) is 19.5. The number of carbonyl (C=O) groups is 2. The van der Waals surface area contributed by atoms with Crippen LogP contribution >= 0.6 is 0 Å². The van der Waals surface area contributed by atoms with E-state index in [1.807, 2.05) is 48.5 Å². The maximum Gasteiger partial charge on any atom is 0.347 e. The molecule has 0 fully saturated rings. The molecule has 4 aromatic carbocycles. The van der Waals surface area contributed by atoms with Crippen LogP contribution < -0.4 is 18.9 Å². The number of carbonyl (C=O) groups excluding carboxylic acids is 2. The Labute approximate surface area is 230 Å². The van der Waals surface area contributed by atoms with Crippen molar-refractivity contribution in [2.45, 2.75) is 13.5 Å². The molecule has 1 aliphatic heterocycles. The van der Waals surface area contributed by atoms with Crippen molar-refractivity contribution in [3.63, 3.8) is 0 Å². The zero-order valence-electron chi connectivity index (χ0n) is 21.8. The fourth-order valence-corrected chi connectivity index (χ4v) is 4.55. The van der Waals surface area contributed by atoms with Gasteiger partial charge < -0.3 is 23.4 Å². The number of hydrogen-bond donors (Lipinski definition) is 0. The Morgan fingerprint density at radius 1 is 0.875 bits per heavy atom. The molecule has 7 heteroatoms. The van der Waals surface area contributed by atoms with E-state index in [0.717, 1.165) is 11.1 Å². The van der Waals surface area contributed by atoms with Crippen molar-refractivity contribution in [2.75, 3.05) is 7.11 Å². The number of ketones is 1. The molecule has 0 spiro atoms. The fourth-order valence-electron chi connectivity index (χ4n) is 4.55. The molecule has 0 amide bonds. The predicted molar refractivity (Wildman–Crippen MR) is 149 cm³/mol. The highest BCUT2D eigenvalue weighted by molar-refractivity contribution is 6.14. The molecular weight excluding hydrogens is 508 g/mol. The largest absolute Gasteiger partial charge is 0.497 e. The smallest absolute Gasteiger partial charge is 0.347 e. The molecule has 2 heterocycles. The molecule has 1 aliphatic rings. The minimum absolute atomic E-state index is 0.173. The molecular formula is C33H24O7. The van der Waals surface area contributed by atoms with Crippen molar-refractivity contribution in [3.05, 3.63) is 125 Å². The van der Waals surface area contributed by atoms with Crippen molar-refractivity contribution in [1.29, 1.82) is 0 Å². The summed E-state index contributed by atoms with van der Waals surface area (Å²) in [6.07, 6.45) is 1.65. The highest BCUT2D eigenvalue weighted by Crippen LogP contribution is 2.36. The van der Waals surface area contributed by atoms with E-state index in [2.05, 4.69) is 0 Å². The van der Waals surface area contributed by atoms with Gasteiger partial charge in [-0.25, -0.2) is 4.79 Å². The van der Waals surface area contributed by atoms with Crippen LogP contribution in [0.15, 0.2) is 101 Å². The topological polar surface area (TPSA) is 84.2 Å². The zero-order chi connectivity index (χ0) is 27.6. The maximum absolute atomic E-state index is 13.3. The van der Waals surface area contributed by atoms with E-state index in [4.69, 9.17) is 23.4 Å². The van der Waals surface area contributed by atoms with Crippen molar-refractivity contribution < 1.29 is 33.0 Å². The summed E-state index contributed by atoms with van der Waals surface area (Å²) < 4.78 is 28.5. The van der Waals surface area contributed by atoms with Gasteiger partial charge in [0.1, 0.15) is 46.5 Å². The first-order valence-electron chi connectivity index (χ1n) is 12.6.